The molecule has 0 amide bonds. The first-order chi connectivity index (χ1) is 22.7. The van der Waals surface area contributed by atoms with E-state index in [2.05, 4.69) is 121 Å². The van der Waals surface area contributed by atoms with Crippen LogP contribution in [0.1, 0.15) is 69.4 Å². The Morgan fingerprint density at radius 2 is 1.43 bits per heavy atom. The van der Waals surface area contributed by atoms with Crippen molar-refractivity contribution in [2.75, 3.05) is 0 Å². The Kier molecular flexibility index (Phi) is 8.74. The van der Waals surface area contributed by atoms with Crippen LogP contribution >= 0.6 is 0 Å². The fourth-order valence-corrected chi connectivity index (χ4v) is 6.88. The van der Waals surface area contributed by atoms with E-state index in [4.69, 9.17) is 14.7 Å². The molecule has 0 saturated carbocycles. The summed E-state index contributed by atoms with van der Waals surface area (Å²) in [5, 5.41) is 14.0. The number of phenolic OH excluding ortho intramolecular Hbond substituents is 1. The van der Waals surface area contributed by atoms with E-state index < -0.39 is 0 Å². The summed E-state index contributed by atoms with van der Waals surface area (Å²) in [6.45, 7) is 19.7. The molecule has 0 saturated heterocycles. The Hall–Kier alpha value is -4.47. The fourth-order valence-electron chi connectivity index (χ4n) is 6.88. The zero-order valence-electron chi connectivity index (χ0n) is 29.6. The average Bonchev–Trinajstić information content (AvgIpc) is 3.33. The molecule has 1 N–H and O–H groups in total. The number of nitrogens with zero attached hydrogens (tertiary/aromatic N) is 3. The van der Waals surface area contributed by atoms with Crippen molar-refractivity contribution in [3.05, 3.63) is 119 Å². The first-order valence-corrected chi connectivity index (χ1v) is 16.6. The van der Waals surface area contributed by atoms with Crippen LogP contribution in [0.25, 0.3) is 49.7 Å². The third-order valence-corrected chi connectivity index (χ3v) is 9.31. The summed E-state index contributed by atoms with van der Waals surface area (Å²) in [5.41, 5.74) is 10.5. The van der Waals surface area contributed by atoms with Crippen molar-refractivity contribution in [2.45, 2.75) is 73.1 Å². The smallest absolute Gasteiger partial charge is 0.217 e. The number of pyridine rings is 2. The molecule has 0 unspecified atom stereocenters. The van der Waals surface area contributed by atoms with Crippen LogP contribution in [0.4, 0.5) is 0 Å². The molecule has 252 valence electrons. The molecule has 0 aliphatic heterocycles. The maximum Gasteiger partial charge on any atom is 0.217 e. The maximum atomic E-state index is 10.9. The summed E-state index contributed by atoms with van der Waals surface area (Å²) in [6.07, 6.45) is 1.89. The predicted molar refractivity (Wildman–Crippen MR) is 198 cm³/mol. The standard InChI is InChI=1S/C43H42N3O2.Pt/c1-25-19-26(2)40(27(3)20-25)34-24-39(45-41-32(34)11-10-12-37(41)47)48-30-14-15-31-33-21-28(42(4,5)6)13-16-35(33)46(36(31)23-30)38-22-29(17-18-44-38)43(7,8)9;/h10-22,24,47H,1-9H3;/q-1;. The molecule has 3 aromatic heterocycles. The molecule has 5 nitrogen and oxygen atoms in total. The van der Waals surface area contributed by atoms with Gasteiger partial charge in [-0.2, -0.15) is 6.07 Å². The molecule has 4 aromatic carbocycles. The van der Waals surface area contributed by atoms with Gasteiger partial charge in [-0.1, -0.05) is 89.0 Å². The second-order valence-corrected chi connectivity index (χ2v) is 15.1. The first-order valence-electron chi connectivity index (χ1n) is 16.6. The third-order valence-electron chi connectivity index (χ3n) is 9.31. The molecular formula is C43H42N3O2Pt-. The molecule has 6 heteroatoms. The third kappa shape index (κ3) is 6.26. The summed E-state index contributed by atoms with van der Waals surface area (Å²) in [5.74, 6) is 1.86. The van der Waals surface area contributed by atoms with Crippen molar-refractivity contribution >= 4 is 32.7 Å². The van der Waals surface area contributed by atoms with Gasteiger partial charge in [0, 0.05) is 50.0 Å². The molecule has 0 fully saturated rings. The Bertz CT molecular complexity index is 2370. The van der Waals surface area contributed by atoms with Crippen LogP contribution in [0.3, 0.4) is 0 Å². The summed E-state index contributed by atoms with van der Waals surface area (Å²) in [4.78, 5) is 9.66. The minimum Gasteiger partial charge on any atom is -0.506 e. The van der Waals surface area contributed by atoms with Crippen molar-refractivity contribution in [1.82, 2.24) is 14.5 Å². The van der Waals surface area contributed by atoms with Crippen LogP contribution in [0.5, 0.6) is 17.4 Å². The molecule has 3 heterocycles. The fraction of sp³-hybridized carbons (Fsp3) is 0.256. The molecule has 7 rings (SSSR count). The van der Waals surface area contributed by atoms with Gasteiger partial charge in [-0.25, -0.2) is 9.97 Å². The number of aromatic hydroxyl groups is 1. The second-order valence-electron chi connectivity index (χ2n) is 15.1. The van der Waals surface area contributed by atoms with Gasteiger partial charge in [0.2, 0.25) is 5.88 Å². The van der Waals surface area contributed by atoms with Crippen molar-refractivity contribution < 1.29 is 30.9 Å². The van der Waals surface area contributed by atoms with E-state index in [0.717, 1.165) is 55.3 Å². The van der Waals surface area contributed by atoms with Crippen LogP contribution < -0.4 is 4.74 Å². The maximum absolute atomic E-state index is 10.9. The van der Waals surface area contributed by atoms with Crippen LogP contribution in [0, 0.1) is 26.8 Å². The Balaban J connectivity index is 0.00000417. The molecule has 7 aromatic rings. The van der Waals surface area contributed by atoms with E-state index in [0.29, 0.717) is 17.1 Å². The van der Waals surface area contributed by atoms with Gasteiger partial charge in [-0.15, -0.1) is 17.5 Å². The topological polar surface area (TPSA) is 60.2 Å². The van der Waals surface area contributed by atoms with E-state index in [1.54, 1.807) is 6.07 Å². The minimum atomic E-state index is -0.0347. The number of fused-ring (bicyclic) bond motifs is 4. The Labute approximate surface area is 303 Å². The van der Waals surface area contributed by atoms with Gasteiger partial charge in [0.15, 0.2) is 0 Å². The van der Waals surface area contributed by atoms with Crippen LogP contribution in [0.2, 0.25) is 0 Å². The quantitative estimate of drug-likeness (QED) is 0.180. The molecule has 0 radical (unpaired) electrons. The molecule has 0 atom stereocenters. The van der Waals surface area contributed by atoms with Crippen LogP contribution in [-0.2, 0) is 31.9 Å². The summed E-state index contributed by atoms with van der Waals surface area (Å²) in [7, 11) is 0. The molecule has 0 aliphatic rings. The first kappa shape index (κ1) is 34.4. The molecule has 0 spiro atoms. The minimum absolute atomic E-state index is 0. The number of aryl methyl sites for hydroxylation is 3. The number of ether oxygens (including phenoxy) is 1. The zero-order chi connectivity index (χ0) is 34.1. The van der Waals surface area contributed by atoms with Gasteiger partial charge in [-0.3, -0.25) is 0 Å². The zero-order valence-corrected chi connectivity index (χ0v) is 31.9. The van der Waals surface area contributed by atoms with Crippen LogP contribution in [-0.4, -0.2) is 19.6 Å². The van der Waals surface area contributed by atoms with E-state index in [1.165, 1.54) is 16.7 Å². The number of rotatable bonds is 4. The molecular weight excluding hydrogens is 786 g/mol. The van der Waals surface area contributed by atoms with E-state index in [-0.39, 0.29) is 37.6 Å². The van der Waals surface area contributed by atoms with Crippen molar-refractivity contribution in [2.24, 2.45) is 0 Å². The van der Waals surface area contributed by atoms with Crippen molar-refractivity contribution in [3.8, 4) is 34.3 Å². The van der Waals surface area contributed by atoms with Gasteiger partial charge >= 0.3 is 0 Å². The number of aromatic nitrogens is 3. The monoisotopic (exact) mass is 827 g/mol. The molecule has 0 bridgehead atoms. The van der Waals surface area contributed by atoms with E-state index in [1.807, 2.05) is 30.5 Å². The number of hydrogen-bond donors (Lipinski definition) is 1. The van der Waals surface area contributed by atoms with E-state index in [9.17, 15) is 5.11 Å². The SMILES string of the molecule is Cc1cc(C)c(-c2cc(Oc3[c-]c4c(cc3)c3cc(C(C)(C)C)ccc3n4-c3cc(C(C)(C)C)ccn3)nc3c(O)cccc23)c(C)c1.[Pt]. The number of para-hydroxylation sites is 1. The Morgan fingerprint density at radius 3 is 2.12 bits per heavy atom. The number of benzene rings is 4. The second kappa shape index (κ2) is 12.4. The van der Waals surface area contributed by atoms with Gasteiger partial charge < -0.3 is 14.4 Å². The van der Waals surface area contributed by atoms with Gasteiger partial charge in [-0.05, 0) is 94.6 Å². The predicted octanol–water partition coefficient (Wildman–Crippen LogP) is 11.2. The van der Waals surface area contributed by atoms with Crippen LogP contribution in [0.15, 0.2) is 85.1 Å². The summed E-state index contributed by atoms with van der Waals surface area (Å²) >= 11 is 0. The average molecular weight is 828 g/mol. The Morgan fingerprint density at radius 1 is 0.735 bits per heavy atom. The molecule has 49 heavy (non-hydrogen) atoms. The summed E-state index contributed by atoms with van der Waals surface area (Å²) < 4.78 is 8.73. The summed E-state index contributed by atoms with van der Waals surface area (Å²) in [6, 6.07) is 30.5. The number of hydrogen-bond acceptors (Lipinski definition) is 4. The number of phenols is 1. The van der Waals surface area contributed by atoms with Gasteiger partial charge in [0.05, 0.1) is 0 Å². The largest absolute Gasteiger partial charge is 0.506 e. The normalized spacial score (nSPS) is 12.1. The van der Waals surface area contributed by atoms with Gasteiger partial charge in [0.25, 0.3) is 0 Å². The molecule has 0 aliphatic carbocycles. The van der Waals surface area contributed by atoms with Gasteiger partial charge in [0.1, 0.15) is 17.1 Å². The van der Waals surface area contributed by atoms with Crippen molar-refractivity contribution in [1.29, 1.82) is 0 Å². The van der Waals surface area contributed by atoms with E-state index >= 15 is 0 Å². The van der Waals surface area contributed by atoms with Crippen molar-refractivity contribution in [3.63, 3.8) is 0 Å².